The van der Waals surface area contributed by atoms with Crippen LogP contribution < -0.4 is 5.73 Å². The van der Waals surface area contributed by atoms with Crippen molar-refractivity contribution < 1.29 is 0 Å². The van der Waals surface area contributed by atoms with Gasteiger partial charge in [-0.1, -0.05) is 0 Å². The number of imidazole rings is 1. The van der Waals surface area contributed by atoms with Crippen LogP contribution in [0.25, 0.3) is 22.4 Å². The van der Waals surface area contributed by atoms with Crippen molar-refractivity contribution in [2.75, 3.05) is 0 Å². The maximum Gasteiger partial charge on any atom is 0.138 e. The van der Waals surface area contributed by atoms with E-state index < -0.39 is 0 Å². The van der Waals surface area contributed by atoms with Gasteiger partial charge in [0.25, 0.3) is 0 Å². The van der Waals surface area contributed by atoms with E-state index in [1.807, 2.05) is 18.2 Å². The summed E-state index contributed by atoms with van der Waals surface area (Å²) in [5.74, 6) is 0.810. The molecule has 0 saturated carbocycles. The van der Waals surface area contributed by atoms with Crippen LogP contribution in [0.15, 0.2) is 36.8 Å². The molecule has 0 amide bonds. The van der Waals surface area contributed by atoms with Gasteiger partial charge in [0.05, 0.1) is 22.9 Å². The SMILES string of the molecule is NCc1cc(-c2nc3ccncc3[nH]2)ccn1. The third kappa shape index (κ3) is 1.76. The van der Waals surface area contributed by atoms with Crippen LogP contribution in [-0.4, -0.2) is 19.9 Å². The summed E-state index contributed by atoms with van der Waals surface area (Å²) in [7, 11) is 0. The molecule has 17 heavy (non-hydrogen) atoms. The number of aromatic nitrogens is 4. The largest absolute Gasteiger partial charge is 0.337 e. The van der Waals surface area contributed by atoms with Crippen LogP contribution in [0.1, 0.15) is 5.69 Å². The number of rotatable bonds is 2. The lowest BCUT2D eigenvalue weighted by Crippen LogP contribution is -1.99. The Morgan fingerprint density at radius 1 is 1.24 bits per heavy atom. The zero-order valence-electron chi connectivity index (χ0n) is 9.09. The highest BCUT2D eigenvalue weighted by Gasteiger charge is 2.05. The van der Waals surface area contributed by atoms with E-state index in [9.17, 15) is 0 Å². The molecule has 0 spiro atoms. The average molecular weight is 225 g/mol. The molecule has 3 rings (SSSR count). The zero-order valence-corrected chi connectivity index (χ0v) is 9.09. The van der Waals surface area contributed by atoms with E-state index in [4.69, 9.17) is 5.73 Å². The molecule has 0 fully saturated rings. The van der Waals surface area contributed by atoms with Crippen molar-refractivity contribution in [3.63, 3.8) is 0 Å². The molecule has 0 aliphatic heterocycles. The average Bonchev–Trinajstić information content (AvgIpc) is 2.82. The fourth-order valence-corrected chi connectivity index (χ4v) is 1.73. The van der Waals surface area contributed by atoms with E-state index in [2.05, 4.69) is 19.9 Å². The first-order chi connectivity index (χ1) is 8.36. The van der Waals surface area contributed by atoms with Gasteiger partial charge in [-0.25, -0.2) is 4.98 Å². The van der Waals surface area contributed by atoms with Crippen molar-refractivity contribution in [3.8, 4) is 11.4 Å². The number of hydrogen-bond acceptors (Lipinski definition) is 4. The maximum atomic E-state index is 5.57. The number of nitrogens with zero attached hydrogens (tertiary/aromatic N) is 3. The molecule has 0 aromatic carbocycles. The molecule has 84 valence electrons. The van der Waals surface area contributed by atoms with E-state index in [1.165, 1.54) is 0 Å². The van der Waals surface area contributed by atoms with Crippen LogP contribution in [0.3, 0.4) is 0 Å². The maximum absolute atomic E-state index is 5.57. The van der Waals surface area contributed by atoms with Gasteiger partial charge in [-0.2, -0.15) is 0 Å². The highest BCUT2D eigenvalue weighted by molar-refractivity contribution is 5.78. The Labute approximate surface area is 97.7 Å². The predicted molar refractivity (Wildman–Crippen MR) is 65.0 cm³/mol. The minimum atomic E-state index is 0.426. The van der Waals surface area contributed by atoms with Gasteiger partial charge in [0.2, 0.25) is 0 Å². The van der Waals surface area contributed by atoms with Crippen molar-refractivity contribution in [2.45, 2.75) is 6.54 Å². The number of fused-ring (bicyclic) bond motifs is 1. The lowest BCUT2D eigenvalue weighted by atomic mass is 10.2. The standard InChI is InChI=1S/C12H11N5/c13-6-9-5-8(1-4-15-9)12-16-10-2-3-14-7-11(10)17-12/h1-5,7H,6,13H2,(H,16,17). The van der Waals surface area contributed by atoms with Gasteiger partial charge in [0.1, 0.15) is 5.82 Å². The number of nitrogens with two attached hydrogens (primary N) is 1. The van der Waals surface area contributed by atoms with E-state index in [-0.39, 0.29) is 0 Å². The molecule has 0 bridgehead atoms. The molecule has 0 radical (unpaired) electrons. The van der Waals surface area contributed by atoms with Crippen molar-refractivity contribution in [3.05, 3.63) is 42.5 Å². The Hall–Kier alpha value is -2.27. The quantitative estimate of drug-likeness (QED) is 0.692. The van der Waals surface area contributed by atoms with E-state index in [0.717, 1.165) is 28.1 Å². The molecule has 0 aliphatic rings. The molecule has 5 nitrogen and oxygen atoms in total. The summed E-state index contributed by atoms with van der Waals surface area (Å²) in [5.41, 5.74) is 9.23. The van der Waals surface area contributed by atoms with Crippen LogP contribution in [0.4, 0.5) is 0 Å². The first-order valence-electron chi connectivity index (χ1n) is 5.32. The van der Waals surface area contributed by atoms with Gasteiger partial charge in [-0.15, -0.1) is 0 Å². The Bertz CT molecular complexity index is 626. The third-order valence-corrected chi connectivity index (χ3v) is 2.58. The smallest absolute Gasteiger partial charge is 0.138 e. The molecule has 3 aromatic heterocycles. The Balaban J connectivity index is 2.13. The Morgan fingerprint density at radius 2 is 2.18 bits per heavy atom. The number of aromatic amines is 1. The molecule has 5 heteroatoms. The molecular weight excluding hydrogens is 214 g/mol. The molecule has 3 aromatic rings. The highest BCUT2D eigenvalue weighted by Crippen LogP contribution is 2.19. The highest BCUT2D eigenvalue weighted by atomic mass is 14.9. The van der Waals surface area contributed by atoms with Crippen molar-refractivity contribution >= 4 is 11.0 Å². The Kier molecular flexibility index (Phi) is 2.31. The van der Waals surface area contributed by atoms with Gasteiger partial charge in [-0.3, -0.25) is 9.97 Å². The summed E-state index contributed by atoms with van der Waals surface area (Å²) in [6.07, 6.45) is 5.23. The molecular formula is C12H11N5. The zero-order chi connectivity index (χ0) is 11.7. The first-order valence-corrected chi connectivity index (χ1v) is 5.32. The van der Waals surface area contributed by atoms with Gasteiger partial charge >= 0.3 is 0 Å². The summed E-state index contributed by atoms with van der Waals surface area (Å²) >= 11 is 0. The summed E-state index contributed by atoms with van der Waals surface area (Å²) < 4.78 is 0. The van der Waals surface area contributed by atoms with Crippen molar-refractivity contribution in [1.82, 2.24) is 19.9 Å². The topological polar surface area (TPSA) is 80.5 Å². The van der Waals surface area contributed by atoms with Crippen LogP contribution in [0.5, 0.6) is 0 Å². The number of nitrogens with one attached hydrogen (secondary N) is 1. The first kappa shape index (κ1) is 9.92. The van der Waals surface area contributed by atoms with Gasteiger partial charge in [-0.05, 0) is 18.2 Å². The molecule has 0 aliphatic carbocycles. The second-order valence-electron chi connectivity index (χ2n) is 3.72. The van der Waals surface area contributed by atoms with Crippen LogP contribution in [-0.2, 0) is 6.54 Å². The molecule has 3 heterocycles. The Morgan fingerprint density at radius 3 is 3.00 bits per heavy atom. The normalized spacial score (nSPS) is 10.9. The van der Waals surface area contributed by atoms with E-state index in [1.54, 1.807) is 18.6 Å². The van der Waals surface area contributed by atoms with E-state index in [0.29, 0.717) is 6.54 Å². The lowest BCUT2D eigenvalue weighted by molar-refractivity contribution is 0.990. The number of hydrogen-bond donors (Lipinski definition) is 2. The number of H-pyrrole nitrogens is 1. The summed E-state index contributed by atoms with van der Waals surface area (Å²) in [5, 5.41) is 0. The summed E-state index contributed by atoms with van der Waals surface area (Å²) in [4.78, 5) is 15.9. The van der Waals surface area contributed by atoms with Crippen LogP contribution in [0, 0.1) is 0 Å². The summed E-state index contributed by atoms with van der Waals surface area (Å²) in [6.45, 7) is 0.426. The fourth-order valence-electron chi connectivity index (χ4n) is 1.73. The fraction of sp³-hybridized carbons (Fsp3) is 0.0833. The minimum absolute atomic E-state index is 0.426. The van der Waals surface area contributed by atoms with Crippen molar-refractivity contribution in [2.24, 2.45) is 5.73 Å². The second-order valence-corrected chi connectivity index (χ2v) is 3.72. The van der Waals surface area contributed by atoms with E-state index >= 15 is 0 Å². The minimum Gasteiger partial charge on any atom is -0.337 e. The predicted octanol–water partition coefficient (Wildman–Crippen LogP) is 1.48. The van der Waals surface area contributed by atoms with Crippen molar-refractivity contribution in [1.29, 1.82) is 0 Å². The molecule has 0 atom stereocenters. The third-order valence-electron chi connectivity index (χ3n) is 2.58. The number of pyridine rings is 2. The van der Waals surface area contributed by atoms with Gasteiger partial charge < -0.3 is 10.7 Å². The lowest BCUT2D eigenvalue weighted by Gasteiger charge is -1.98. The molecule has 0 saturated heterocycles. The van der Waals surface area contributed by atoms with Gasteiger partial charge in [0.15, 0.2) is 0 Å². The van der Waals surface area contributed by atoms with Crippen LogP contribution >= 0.6 is 0 Å². The monoisotopic (exact) mass is 225 g/mol. The van der Waals surface area contributed by atoms with Gasteiger partial charge in [0, 0.05) is 24.5 Å². The van der Waals surface area contributed by atoms with Crippen LogP contribution in [0.2, 0.25) is 0 Å². The summed E-state index contributed by atoms with van der Waals surface area (Å²) in [6, 6.07) is 5.72. The second kappa shape index (κ2) is 3.95. The molecule has 0 unspecified atom stereocenters. The molecule has 3 N–H and O–H groups in total.